The van der Waals surface area contributed by atoms with E-state index >= 15 is 0 Å². The number of amides is 1. The van der Waals surface area contributed by atoms with Gasteiger partial charge in [-0.15, -0.1) is 10.2 Å². The number of benzene rings is 1. The van der Waals surface area contributed by atoms with E-state index in [2.05, 4.69) is 15.5 Å². The van der Waals surface area contributed by atoms with Crippen LogP contribution >= 0.6 is 11.8 Å². The first-order valence-corrected chi connectivity index (χ1v) is 8.42. The molecule has 7 heteroatoms. The number of carbonyl (C=O) groups excluding carboxylic acids is 1. The minimum Gasteiger partial charge on any atom is -0.494 e. The summed E-state index contributed by atoms with van der Waals surface area (Å²) in [5.41, 5.74) is 1.21. The molecule has 0 radical (unpaired) electrons. The maximum absolute atomic E-state index is 12.0. The first-order valence-electron chi connectivity index (χ1n) is 7.54. The summed E-state index contributed by atoms with van der Waals surface area (Å²) in [7, 11) is 1.86. The number of thioether (sulfide) groups is 1. The number of carbonyl (C=O) groups is 1. The molecule has 1 atom stereocenters. The summed E-state index contributed by atoms with van der Waals surface area (Å²) in [6.07, 6.45) is 2.39. The van der Waals surface area contributed by atoms with Crippen molar-refractivity contribution >= 4 is 17.7 Å². The molecule has 0 aliphatic rings. The Morgan fingerprint density at radius 2 is 2.13 bits per heavy atom. The van der Waals surface area contributed by atoms with E-state index in [0.29, 0.717) is 13.2 Å². The smallest absolute Gasteiger partial charge is 0.233 e. The highest BCUT2D eigenvalue weighted by Gasteiger charge is 2.16. The van der Waals surface area contributed by atoms with Gasteiger partial charge in [-0.25, -0.2) is 0 Å². The van der Waals surface area contributed by atoms with E-state index in [1.165, 1.54) is 17.3 Å². The minimum atomic E-state index is -0.212. The number of nitrogens with zero attached hydrogens (tertiary/aromatic N) is 3. The van der Waals surface area contributed by atoms with E-state index in [1.807, 2.05) is 45.2 Å². The molecule has 1 aromatic heterocycles. The average molecular weight is 334 g/mol. The summed E-state index contributed by atoms with van der Waals surface area (Å²) in [6.45, 7) is 5.07. The Bertz CT molecular complexity index is 627. The van der Waals surface area contributed by atoms with E-state index in [0.717, 1.165) is 17.3 Å². The van der Waals surface area contributed by atoms with Crippen LogP contribution in [-0.2, 0) is 11.8 Å². The normalized spacial score (nSPS) is 12.0. The molecular weight excluding hydrogens is 312 g/mol. The second-order valence-electron chi connectivity index (χ2n) is 5.29. The fraction of sp³-hybridized carbons (Fsp3) is 0.438. The van der Waals surface area contributed by atoms with Crippen LogP contribution in [-0.4, -0.2) is 39.1 Å². The Kier molecular flexibility index (Phi) is 6.46. The zero-order valence-corrected chi connectivity index (χ0v) is 14.5. The maximum atomic E-state index is 12.0. The van der Waals surface area contributed by atoms with Gasteiger partial charge in [0.05, 0.1) is 11.9 Å². The molecule has 1 aromatic carbocycles. The predicted octanol–water partition coefficient (Wildman–Crippen LogP) is 2.19. The standard InChI is InChI=1S/C16H22N4O2S/c1-12-5-7-14(8-6-12)22-10-4-9-17-15(21)13(2)23-16-19-18-11-20(16)3/h5-8,11,13H,4,9-10H2,1-3H3,(H,17,21)/t13-/m0/s1. The van der Waals surface area contributed by atoms with Crippen LogP contribution in [0.2, 0.25) is 0 Å². The quantitative estimate of drug-likeness (QED) is 0.592. The predicted molar refractivity (Wildman–Crippen MR) is 90.6 cm³/mol. The molecule has 23 heavy (non-hydrogen) atoms. The molecule has 0 aliphatic heterocycles. The van der Waals surface area contributed by atoms with Gasteiger partial charge in [0, 0.05) is 13.6 Å². The summed E-state index contributed by atoms with van der Waals surface area (Å²) < 4.78 is 7.42. The van der Waals surface area contributed by atoms with Crippen LogP contribution in [0.3, 0.4) is 0 Å². The largest absolute Gasteiger partial charge is 0.494 e. The van der Waals surface area contributed by atoms with Crippen molar-refractivity contribution in [3.63, 3.8) is 0 Å². The highest BCUT2D eigenvalue weighted by atomic mass is 32.2. The van der Waals surface area contributed by atoms with E-state index in [9.17, 15) is 4.79 Å². The zero-order valence-electron chi connectivity index (χ0n) is 13.7. The number of rotatable bonds is 8. The highest BCUT2D eigenvalue weighted by Crippen LogP contribution is 2.19. The van der Waals surface area contributed by atoms with Crippen LogP contribution in [0.5, 0.6) is 5.75 Å². The first-order chi connectivity index (χ1) is 11.1. The number of hydrogen-bond donors (Lipinski definition) is 1. The number of hydrogen-bond acceptors (Lipinski definition) is 5. The number of nitrogens with one attached hydrogen (secondary N) is 1. The molecule has 0 saturated heterocycles. The monoisotopic (exact) mass is 334 g/mol. The molecule has 124 valence electrons. The number of aromatic nitrogens is 3. The SMILES string of the molecule is Cc1ccc(OCCCNC(=O)[C@H](C)Sc2nncn2C)cc1. The Hall–Kier alpha value is -2.02. The molecule has 0 bridgehead atoms. The van der Waals surface area contributed by atoms with E-state index in [1.54, 1.807) is 10.9 Å². The summed E-state index contributed by atoms with van der Waals surface area (Å²) in [5, 5.41) is 11.2. The topological polar surface area (TPSA) is 69.0 Å². The van der Waals surface area contributed by atoms with E-state index < -0.39 is 0 Å². The second-order valence-corrected chi connectivity index (χ2v) is 6.60. The molecule has 1 amide bonds. The summed E-state index contributed by atoms with van der Waals surface area (Å²) in [5.74, 6) is 0.849. The Labute approximate surface area is 140 Å². The molecule has 2 aromatic rings. The summed E-state index contributed by atoms with van der Waals surface area (Å²) in [6, 6.07) is 7.94. The molecule has 0 saturated carbocycles. The summed E-state index contributed by atoms with van der Waals surface area (Å²) >= 11 is 1.39. The molecule has 1 heterocycles. The van der Waals surface area contributed by atoms with E-state index in [-0.39, 0.29) is 11.2 Å². The van der Waals surface area contributed by atoms with Gasteiger partial charge in [0.2, 0.25) is 5.91 Å². The fourth-order valence-corrected chi connectivity index (χ4v) is 2.66. The first kappa shape index (κ1) is 17.3. The maximum Gasteiger partial charge on any atom is 0.233 e. The van der Waals surface area contributed by atoms with Gasteiger partial charge < -0.3 is 14.6 Å². The van der Waals surface area contributed by atoms with Crippen molar-refractivity contribution < 1.29 is 9.53 Å². The van der Waals surface area contributed by atoms with Crippen molar-refractivity contribution in [1.29, 1.82) is 0 Å². The molecule has 0 spiro atoms. The molecule has 0 unspecified atom stereocenters. The third-order valence-electron chi connectivity index (χ3n) is 3.23. The molecule has 0 aliphatic carbocycles. The van der Waals surface area contributed by atoms with Gasteiger partial charge in [0.1, 0.15) is 12.1 Å². The van der Waals surface area contributed by atoms with Crippen molar-refractivity contribution in [2.24, 2.45) is 7.05 Å². The van der Waals surface area contributed by atoms with Gasteiger partial charge >= 0.3 is 0 Å². The van der Waals surface area contributed by atoms with Crippen LogP contribution in [0.1, 0.15) is 18.9 Å². The van der Waals surface area contributed by atoms with Crippen LogP contribution in [0.25, 0.3) is 0 Å². The van der Waals surface area contributed by atoms with Gasteiger partial charge in [-0.3, -0.25) is 4.79 Å². The van der Waals surface area contributed by atoms with Crippen LogP contribution in [0.4, 0.5) is 0 Å². The highest BCUT2D eigenvalue weighted by molar-refractivity contribution is 8.00. The Balaban J connectivity index is 1.62. The third-order valence-corrected chi connectivity index (χ3v) is 4.38. The van der Waals surface area contributed by atoms with Gasteiger partial charge in [-0.2, -0.15) is 0 Å². The molecule has 1 N–H and O–H groups in total. The lowest BCUT2D eigenvalue weighted by atomic mass is 10.2. The van der Waals surface area contributed by atoms with Gasteiger partial charge in [-0.1, -0.05) is 29.5 Å². The van der Waals surface area contributed by atoms with Crippen LogP contribution < -0.4 is 10.1 Å². The van der Waals surface area contributed by atoms with Crippen molar-refractivity contribution in [2.75, 3.05) is 13.2 Å². The zero-order chi connectivity index (χ0) is 16.7. The van der Waals surface area contributed by atoms with Gasteiger partial charge in [0.25, 0.3) is 0 Å². The van der Waals surface area contributed by atoms with Crippen LogP contribution in [0, 0.1) is 6.92 Å². The lowest BCUT2D eigenvalue weighted by molar-refractivity contribution is -0.120. The molecule has 0 fully saturated rings. The average Bonchev–Trinajstić information content (AvgIpc) is 2.93. The van der Waals surface area contributed by atoms with Gasteiger partial charge in [0.15, 0.2) is 5.16 Å². The Morgan fingerprint density at radius 1 is 1.39 bits per heavy atom. The Morgan fingerprint density at radius 3 is 2.78 bits per heavy atom. The van der Waals surface area contributed by atoms with Crippen molar-refractivity contribution in [1.82, 2.24) is 20.1 Å². The van der Waals surface area contributed by atoms with Crippen molar-refractivity contribution in [2.45, 2.75) is 30.7 Å². The molecule has 2 rings (SSSR count). The lowest BCUT2D eigenvalue weighted by Crippen LogP contribution is -2.32. The minimum absolute atomic E-state index is 0.00617. The van der Waals surface area contributed by atoms with Crippen molar-refractivity contribution in [3.8, 4) is 5.75 Å². The number of ether oxygens (including phenoxy) is 1. The van der Waals surface area contributed by atoms with Crippen LogP contribution in [0.15, 0.2) is 35.7 Å². The number of aryl methyl sites for hydroxylation is 2. The lowest BCUT2D eigenvalue weighted by Gasteiger charge is -2.11. The van der Waals surface area contributed by atoms with E-state index in [4.69, 9.17) is 4.74 Å². The summed E-state index contributed by atoms with van der Waals surface area (Å²) in [4.78, 5) is 12.0. The molecular formula is C16H22N4O2S. The fourth-order valence-electron chi connectivity index (χ4n) is 1.84. The van der Waals surface area contributed by atoms with Gasteiger partial charge in [-0.05, 0) is 32.4 Å². The third kappa shape index (κ3) is 5.59. The molecule has 6 nitrogen and oxygen atoms in total. The van der Waals surface area contributed by atoms with Crippen molar-refractivity contribution in [3.05, 3.63) is 36.2 Å². The second kappa shape index (κ2) is 8.57.